The van der Waals surface area contributed by atoms with Crippen molar-refractivity contribution in [3.63, 3.8) is 0 Å². The number of thiophene rings is 2. The predicted octanol–water partition coefficient (Wildman–Crippen LogP) is 4.98. The summed E-state index contributed by atoms with van der Waals surface area (Å²) in [5, 5.41) is 7.87. The van der Waals surface area contributed by atoms with E-state index in [1.807, 2.05) is 0 Å². The molecule has 0 saturated heterocycles. The van der Waals surface area contributed by atoms with E-state index in [0.29, 0.717) is 12.1 Å². The molecule has 2 aromatic rings. The molecular weight excluding hydrogens is 302 g/mol. The Kier molecular flexibility index (Phi) is 4.19. The standard InChI is InChI=1S/C12H14BrNS2/c1-8(11-4-3-5-15-11)14-9(2)12-6-10(13)7-16-12/h3-9,14H,1-2H3/t8-,9?/m0/s1. The maximum atomic E-state index is 3.61. The summed E-state index contributed by atoms with van der Waals surface area (Å²) in [6, 6.07) is 7.28. The lowest BCUT2D eigenvalue weighted by Crippen LogP contribution is -2.20. The topological polar surface area (TPSA) is 12.0 Å². The molecule has 0 amide bonds. The third-order valence-electron chi connectivity index (χ3n) is 2.48. The summed E-state index contributed by atoms with van der Waals surface area (Å²) in [4.78, 5) is 2.76. The van der Waals surface area contributed by atoms with E-state index < -0.39 is 0 Å². The Morgan fingerprint density at radius 1 is 1.19 bits per heavy atom. The molecule has 16 heavy (non-hydrogen) atoms. The second kappa shape index (κ2) is 5.45. The molecule has 2 rings (SSSR count). The van der Waals surface area contributed by atoms with Crippen LogP contribution in [0.15, 0.2) is 33.4 Å². The van der Waals surface area contributed by atoms with Gasteiger partial charge in [-0.25, -0.2) is 0 Å². The molecule has 0 aromatic carbocycles. The number of rotatable bonds is 4. The third-order valence-corrected chi connectivity index (χ3v) is 5.42. The van der Waals surface area contributed by atoms with Gasteiger partial charge in [-0.3, -0.25) is 0 Å². The van der Waals surface area contributed by atoms with E-state index in [4.69, 9.17) is 0 Å². The largest absolute Gasteiger partial charge is 0.302 e. The van der Waals surface area contributed by atoms with Crippen LogP contribution in [0, 0.1) is 0 Å². The smallest absolute Gasteiger partial charge is 0.0391 e. The predicted molar refractivity (Wildman–Crippen MR) is 76.3 cm³/mol. The first-order chi connectivity index (χ1) is 7.66. The lowest BCUT2D eigenvalue weighted by atomic mass is 10.2. The van der Waals surface area contributed by atoms with Gasteiger partial charge < -0.3 is 5.32 Å². The summed E-state index contributed by atoms with van der Waals surface area (Å²) >= 11 is 7.09. The van der Waals surface area contributed by atoms with Gasteiger partial charge >= 0.3 is 0 Å². The lowest BCUT2D eigenvalue weighted by Gasteiger charge is -2.17. The second-order valence-electron chi connectivity index (χ2n) is 3.79. The molecule has 86 valence electrons. The molecule has 0 aliphatic heterocycles. The number of halogens is 1. The molecule has 2 aromatic heterocycles. The molecule has 1 nitrogen and oxygen atoms in total. The highest BCUT2D eigenvalue weighted by atomic mass is 79.9. The molecular formula is C12H14BrNS2. The molecule has 0 aliphatic rings. The van der Waals surface area contributed by atoms with Gasteiger partial charge in [0.15, 0.2) is 0 Å². The van der Waals surface area contributed by atoms with Gasteiger partial charge in [-0.1, -0.05) is 6.07 Å². The number of hydrogen-bond donors (Lipinski definition) is 1. The van der Waals surface area contributed by atoms with Crippen molar-refractivity contribution in [3.8, 4) is 0 Å². The van der Waals surface area contributed by atoms with E-state index in [2.05, 4.69) is 64.1 Å². The Hall–Kier alpha value is -0.160. The average molecular weight is 316 g/mol. The van der Waals surface area contributed by atoms with Gasteiger partial charge in [0, 0.05) is 31.7 Å². The minimum Gasteiger partial charge on any atom is -0.302 e. The fourth-order valence-electron chi connectivity index (χ4n) is 1.63. The molecule has 1 unspecified atom stereocenters. The van der Waals surface area contributed by atoms with Crippen molar-refractivity contribution in [2.45, 2.75) is 25.9 Å². The van der Waals surface area contributed by atoms with Crippen molar-refractivity contribution < 1.29 is 0 Å². The van der Waals surface area contributed by atoms with E-state index in [9.17, 15) is 0 Å². The Morgan fingerprint density at radius 2 is 1.94 bits per heavy atom. The Bertz CT molecular complexity index is 436. The van der Waals surface area contributed by atoms with Crippen molar-refractivity contribution in [2.75, 3.05) is 0 Å². The molecule has 0 saturated carbocycles. The summed E-state index contributed by atoms with van der Waals surface area (Å²) in [5.41, 5.74) is 0. The Balaban J connectivity index is 2.00. The quantitative estimate of drug-likeness (QED) is 0.838. The van der Waals surface area contributed by atoms with Crippen LogP contribution in [0.4, 0.5) is 0 Å². The van der Waals surface area contributed by atoms with Gasteiger partial charge in [0.25, 0.3) is 0 Å². The second-order valence-corrected chi connectivity index (χ2v) is 6.63. The van der Waals surface area contributed by atoms with E-state index in [0.717, 1.165) is 0 Å². The fraction of sp³-hybridized carbons (Fsp3) is 0.333. The van der Waals surface area contributed by atoms with Crippen molar-refractivity contribution in [1.29, 1.82) is 0 Å². The zero-order chi connectivity index (χ0) is 11.5. The first-order valence-electron chi connectivity index (χ1n) is 5.20. The maximum Gasteiger partial charge on any atom is 0.0391 e. The molecule has 2 heterocycles. The van der Waals surface area contributed by atoms with Crippen LogP contribution in [-0.2, 0) is 0 Å². The van der Waals surface area contributed by atoms with Gasteiger partial charge in [-0.2, -0.15) is 0 Å². The highest BCUT2D eigenvalue weighted by Crippen LogP contribution is 2.28. The van der Waals surface area contributed by atoms with Crippen LogP contribution in [0.25, 0.3) is 0 Å². The Labute approximate surface area is 113 Å². The van der Waals surface area contributed by atoms with Crippen LogP contribution < -0.4 is 5.32 Å². The third kappa shape index (κ3) is 2.94. The molecule has 0 spiro atoms. The molecule has 1 N–H and O–H groups in total. The molecule has 2 atom stereocenters. The SMILES string of the molecule is CC(N[C@@H](C)c1cccs1)c1cc(Br)cs1. The van der Waals surface area contributed by atoms with Crippen molar-refractivity contribution in [3.05, 3.63) is 43.2 Å². The van der Waals surface area contributed by atoms with E-state index in [1.54, 1.807) is 22.7 Å². The lowest BCUT2D eigenvalue weighted by molar-refractivity contribution is 0.505. The van der Waals surface area contributed by atoms with Gasteiger partial charge in [0.2, 0.25) is 0 Å². The summed E-state index contributed by atoms with van der Waals surface area (Å²) < 4.78 is 1.17. The zero-order valence-corrected chi connectivity index (χ0v) is 12.5. The first-order valence-corrected chi connectivity index (χ1v) is 7.75. The van der Waals surface area contributed by atoms with E-state index in [1.165, 1.54) is 14.2 Å². The average Bonchev–Trinajstić information content (AvgIpc) is 2.87. The van der Waals surface area contributed by atoms with Gasteiger partial charge in [0.05, 0.1) is 0 Å². The highest BCUT2D eigenvalue weighted by Gasteiger charge is 2.13. The van der Waals surface area contributed by atoms with Crippen molar-refractivity contribution in [1.82, 2.24) is 5.32 Å². The normalized spacial score (nSPS) is 14.9. The monoisotopic (exact) mass is 315 g/mol. The molecule has 0 bridgehead atoms. The molecule has 0 radical (unpaired) electrons. The van der Waals surface area contributed by atoms with Gasteiger partial charge in [0.1, 0.15) is 0 Å². The van der Waals surface area contributed by atoms with Crippen LogP contribution in [0.5, 0.6) is 0 Å². The van der Waals surface area contributed by atoms with Crippen LogP contribution >= 0.6 is 38.6 Å². The summed E-state index contributed by atoms with van der Waals surface area (Å²) in [6.07, 6.45) is 0. The fourth-order valence-corrected chi connectivity index (χ4v) is 3.84. The van der Waals surface area contributed by atoms with Crippen molar-refractivity contribution in [2.24, 2.45) is 0 Å². The van der Waals surface area contributed by atoms with E-state index in [-0.39, 0.29) is 0 Å². The summed E-state index contributed by atoms with van der Waals surface area (Å²) in [5.74, 6) is 0. The van der Waals surface area contributed by atoms with Gasteiger partial charge in [-0.15, -0.1) is 22.7 Å². The van der Waals surface area contributed by atoms with Crippen LogP contribution in [0.2, 0.25) is 0 Å². The first kappa shape index (κ1) is 12.3. The van der Waals surface area contributed by atoms with E-state index >= 15 is 0 Å². The van der Waals surface area contributed by atoms with Crippen molar-refractivity contribution >= 4 is 38.6 Å². The molecule has 0 aliphatic carbocycles. The Morgan fingerprint density at radius 3 is 2.50 bits per heavy atom. The zero-order valence-electron chi connectivity index (χ0n) is 9.24. The summed E-state index contributed by atoms with van der Waals surface area (Å²) in [6.45, 7) is 4.42. The number of hydrogen-bond acceptors (Lipinski definition) is 3. The molecule has 0 fully saturated rings. The highest BCUT2D eigenvalue weighted by molar-refractivity contribution is 9.10. The summed E-state index contributed by atoms with van der Waals surface area (Å²) in [7, 11) is 0. The van der Waals surface area contributed by atoms with Gasteiger partial charge in [-0.05, 0) is 47.3 Å². The number of nitrogens with one attached hydrogen (secondary N) is 1. The maximum absolute atomic E-state index is 3.61. The van der Waals surface area contributed by atoms with Crippen LogP contribution in [0.1, 0.15) is 35.7 Å². The molecule has 4 heteroatoms. The van der Waals surface area contributed by atoms with Crippen LogP contribution in [0.3, 0.4) is 0 Å². The minimum atomic E-state index is 0.397. The van der Waals surface area contributed by atoms with Crippen LogP contribution in [-0.4, -0.2) is 0 Å². The minimum absolute atomic E-state index is 0.397.